The zero-order valence-corrected chi connectivity index (χ0v) is 17.2. The van der Waals surface area contributed by atoms with E-state index in [1.807, 2.05) is 6.07 Å². The minimum Gasteiger partial charge on any atom is -0.423 e. The quantitative estimate of drug-likeness (QED) is 0.445. The summed E-state index contributed by atoms with van der Waals surface area (Å²) >= 11 is 0. The number of amides is 2. The molecule has 1 aliphatic rings. The highest BCUT2D eigenvalue weighted by molar-refractivity contribution is 6.12. The molecule has 1 saturated heterocycles. The van der Waals surface area contributed by atoms with Crippen molar-refractivity contribution in [3.8, 4) is 6.07 Å². The summed E-state index contributed by atoms with van der Waals surface area (Å²) in [4.78, 5) is 39.2. The van der Waals surface area contributed by atoms with Crippen LogP contribution in [0.4, 0.5) is 11.8 Å². The monoisotopic (exact) mass is 443 g/mol. The normalized spacial score (nSPS) is 15.6. The maximum absolute atomic E-state index is 13.1. The van der Waals surface area contributed by atoms with E-state index in [9.17, 15) is 9.59 Å². The first kappa shape index (κ1) is 20.1. The molecule has 5 rings (SSSR count). The van der Waals surface area contributed by atoms with Crippen molar-refractivity contribution >= 4 is 45.8 Å². The molecule has 1 unspecified atom stereocenters. The van der Waals surface area contributed by atoms with Gasteiger partial charge in [-0.1, -0.05) is 6.58 Å². The van der Waals surface area contributed by atoms with Crippen molar-refractivity contribution in [3.05, 3.63) is 48.4 Å². The van der Waals surface area contributed by atoms with E-state index in [1.54, 1.807) is 27.8 Å². The number of aromatic nitrogens is 5. The van der Waals surface area contributed by atoms with E-state index in [2.05, 4.69) is 31.9 Å². The van der Waals surface area contributed by atoms with Crippen LogP contribution in [-0.2, 0) is 4.79 Å². The van der Waals surface area contributed by atoms with Crippen LogP contribution in [0.25, 0.3) is 22.1 Å². The Kier molecular flexibility index (Phi) is 4.71. The SMILES string of the molecule is C=CC(=O)N1CCC(n2nc(C(=O)Nc3nc4cc(C#N)ccc4o3)c3c(N)ncnc32)C1. The Hall–Kier alpha value is -4.79. The van der Waals surface area contributed by atoms with Crippen LogP contribution < -0.4 is 11.1 Å². The van der Waals surface area contributed by atoms with Crippen molar-refractivity contribution in [2.24, 2.45) is 0 Å². The van der Waals surface area contributed by atoms with Crippen molar-refractivity contribution in [1.82, 2.24) is 29.6 Å². The Morgan fingerprint density at radius 3 is 3.00 bits per heavy atom. The molecule has 0 aliphatic carbocycles. The number of rotatable bonds is 4. The fraction of sp³-hybridized carbons (Fsp3) is 0.190. The van der Waals surface area contributed by atoms with Crippen molar-refractivity contribution in [2.75, 3.05) is 24.1 Å². The first-order chi connectivity index (χ1) is 16.0. The molecule has 0 bridgehead atoms. The van der Waals surface area contributed by atoms with Crippen molar-refractivity contribution in [3.63, 3.8) is 0 Å². The Labute approximate surface area is 186 Å². The number of oxazole rings is 1. The number of fused-ring (bicyclic) bond motifs is 2. The molecule has 0 spiro atoms. The average molecular weight is 443 g/mol. The van der Waals surface area contributed by atoms with E-state index < -0.39 is 5.91 Å². The molecule has 0 radical (unpaired) electrons. The molecule has 3 N–H and O–H groups in total. The van der Waals surface area contributed by atoms with Crippen LogP contribution in [-0.4, -0.2) is 54.5 Å². The topological polar surface area (TPSA) is 169 Å². The first-order valence-corrected chi connectivity index (χ1v) is 10.0. The van der Waals surface area contributed by atoms with Gasteiger partial charge in [0.15, 0.2) is 16.9 Å². The van der Waals surface area contributed by atoms with Crippen LogP contribution in [0, 0.1) is 11.3 Å². The highest BCUT2D eigenvalue weighted by Gasteiger charge is 2.31. The molecule has 33 heavy (non-hydrogen) atoms. The van der Waals surface area contributed by atoms with Crippen molar-refractivity contribution in [1.29, 1.82) is 5.26 Å². The van der Waals surface area contributed by atoms with Gasteiger partial charge >= 0.3 is 6.01 Å². The zero-order chi connectivity index (χ0) is 23.1. The maximum Gasteiger partial charge on any atom is 0.302 e. The minimum atomic E-state index is -0.607. The van der Waals surface area contributed by atoms with Gasteiger partial charge in [-0.15, -0.1) is 0 Å². The molecule has 12 nitrogen and oxygen atoms in total. The fourth-order valence-electron chi connectivity index (χ4n) is 3.89. The number of carbonyl (C=O) groups is 2. The second kappa shape index (κ2) is 7.72. The van der Waals surface area contributed by atoms with Crippen LogP contribution in [0.3, 0.4) is 0 Å². The molecule has 1 aliphatic heterocycles. The summed E-state index contributed by atoms with van der Waals surface area (Å²) in [6, 6.07) is 6.53. The Morgan fingerprint density at radius 2 is 2.21 bits per heavy atom. The van der Waals surface area contributed by atoms with Gasteiger partial charge in [0.05, 0.1) is 23.1 Å². The molecule has 2 amide bonds. The van der Waals surface area contributed by atoms with E-state index in [1.165, 1.54) is 12.4 Å². The van der Waals surface area contributed by atoms with Gasteiger partial charge in [0.25, 0.3) is 5.91 Å². The third kappa shape index (κ3) is 3.41. The lowest BCUT2D eigenvalue weighted by atomic mass is 10.2. The summed E-state index contributed by atoms with van der Waals surface area (Å²) in [6.07, 6.45) is 3.20. The Balaban J connectivity index is 1.49. The van der Waals surface area contributed by atoms with E-state index in [0.29, 0.717) is 47.2 Å². The van der Waals surface area contributed by atoms with Gasteiger partial charge < -0.3 is 15.1 Å². The number of nitrogens with one attached hydrogen (secondary N) is 1. The summed E-state index contributed by atoms with van der Waals surface area (Å²) in [6.45, 7) is 4.46. The molecular formula is C21H17N9O3. The van der Waals surface area contributed by atoms with Gasteiger partial charge in [0.1, 0.15) is 17.7 Å². The van der Waals surface area contributed by atoms with Crippen LogP contribution in [0.5, 0.6) is 0 Å². The number of hydrogen-bond donors (Lipinski definition) is 2. The number of nitrogens with two attached hydrogens (primary N) is 1. The summed E-state index contributed by atoms with van der Waals surface area (Å²) in [5, 5.41) is 16.4. The van der Waals surface area contributed by atoms with Gasteiger partial charge in [0.2, 0.25) is 5.91 Å². The highest BCUT2D eigenvalue weighted by atomic mass is 16.4. The highest BCUT2D eigenvalue weighted by Crippen LogP contribution is 2.29. The number of hydrogen-bond acceptors (Lipinski definition) is 9. The summed E-state index contributed by atoms with van der Waals surface area (Å²) in [5.41, 5.74) is 7.73. The number of nitriles is 1. The van der Waals surface area contributed by atoms with E-state index in [-0.39, 0.29) is 29.5 Å². The molecule has 1 atom stereocenters. The van der Waals surface area contributed by atoms with Gasteiger partial charge in [-0.25, -0.2) is 14.6 Å². The predicted molar refractivity (Wildman–Crippen MR) is 117 cm³/mol. The molecule has 1 fully saturated rings. The number of anilines is 2. The maximum atomic E-state index is 13.1. The zero-order valence-electron chi connectivity index (χ0n) is 17.2. The van der Waals surface area contributed by atoms with Crippen LogP contribution in [0.1, 0.15) is 28.5 Å². The van der Waals surface area contributed by atoms with Crippen LogP contribution >= 0.6 is 0 Å². The Bertz CT molecular complexity index is 1480. The third-order valence-electron chi connectivity index (χ3n) is 5.47. The van der Waals surface area contributed by atoms with Gasteiger partial charge in [0, 0.05) is 13.1 Å². The molecular weight excluding hydrogens is 426 g/mol. The van der Waals surface area contributed by atoms with E-state index in [4.69, 9.17) is 15.4 Å². The number of nitrogen functional groups attached to an aromatic ring is 1. The summed E-state index contributed by atoms with van der Waals surface area (Å²) in [5.74, 6) is -0.675. The molecule has 12 heteroatoms. The molecule has 4 aromatic rings. The summed E-state index contributed by atoms with van der Waals surface area (Å²) < 4.78 is 7.16. The fourth-order valence-corrected chi connectivity index (χ4v) is 3.89. The number of nitrogens with zero attached hydrogens (tertiary/aromatic N) is 7. The van der Waals surface area contributed by atoms with Crippen molar-refractivity contribution < 1.29 is 14.0 Å². The lowest BCUT2D eigenvalue weighted by Crippen LogP contribution is -2.27. The second-order valence-electron chi connectivity index (χ2n) is 7.45. The van der Waals surface area contributed by atoms with Crippen molar-refractivity contribution in [2.45, 2.75) is 12.5 Å². The van der Waals surface area contributed by atoms with Gasteiger partial charge in [-0.3, -0.25) is 14.9 Å². The largest absolute Gasteiger partial charge is 0.423 e. The smallest absolute Gasteiger partial charge is 0.302 e. The molecule has 164 valence electrons. The lowest BCUT2D eigenvalue weighted by molar-refractivity contribution is -0.125. The standard InChI is InChI=1S/C21H17N9O3/c1-2-15(31)29-6-5-12(9-29)30-19-16(18(23)24-10-25-19)17(28-30)20(32)27-21-26-13-7-11(8-22)3-4-14(13)33-21/h2-4,7,10,12H,1,5-6,9H2,(H2,23,24,25)(H,26,27,32). The Morgan fingerprint density at radius 1 is 1.36 bits per heavy atom. The second-order valence-corrected chi connectivity index (χ2v) is 7.45. The third-order valence-corrected chi connectivity index (χ3v) is 5.47. The van der Waals surface area contributed by atoms with Gasteiger partial charge in [-0.05, 0) is 30.7 Å². The molecule has 4 heterocycles. The minimum absolute atomic E-state index is 0.0107. The average Bonchev–Trinajstić information content (AvgIpc) is 3.54. The number of likely N-dealkylation sites (tertiary alicyclic amines) is 1. The van der Waals surface area contributed by atoms with Gasteiger partial charge in [-0.2, -0.15) is 15.3 Å². The lowest BCUT2D eigenvalue weighted by Gasteiger charge is -2.14. The number of benzene rings is 1. The van der Waals surface area contributed by atoms with Crippen LogP contribution in [0.15, 0.2) is 41.6 Å². The summed E-state index contributed by atoms with van der Waals surface area (Å²) in [7, 11) is 0. The molecule has 0 saturated carbocycles. The first-order valence-electron chi connectivity index (χ1n) is 10.0. The molecule has 1 aromatic carbocycles. The van der Waals surface area contributed by atoms with E-state index >= 15 is 0 Å². The predicted octanol–water partition coefficient (Wildman–Crippen LogP) is 1.63. The number of carbonyl (C=O) groups excluding carboxylic acids is 2. The molecule has 3 aromatic heterocycles. The van der Waals surface area contributed by atoms with Crippen LogP contribution in [0.2, 0.25) is 0 Å². The van der Waals surface area contributed by atoms with E-state index in [0.717, 1.165) is 0 Å².